The SMILES string of the molecule is CC(=O)NC1C(Oc2ccccc2C(C)(C)C)OC(COC(C)=O)C(OC(C)=O)C1OC(C)=O. The molecule has 5 atom stereocenters. The van der Waals surface area contributed by atoms with Crippen molar-refractivity contribution in [2.75, 3.05) is 6.61 Å². The van der Waals surface area contributed by atoms with E-state index in [1.165, 1.54) is 27.7 Å². The Bertz CT molecular complexity index is 908. The molecule has 1 aromatic rings. The van der Waals surface area contributed by atoms with Gasteiger partial charge in [0.25, 0.3) is 0 Å². The molecule has 0 radical (unpaired) electrons. The number of hydrogen-bond donors (Lipinski definition) is 1. The molecule has 2 rings (SSSR count). The average Bonchev–Trinajstić information content (AvgIpc) is 2.69. The van der Waals surface area contributed by atoms with E-state index in [-0.39, 0.29) is 12.0 Å². The van der Waals surface area contributed by atoms with Crippen LogP contribution in [0.3, 0.4) is 0 Å². The Morgan fingerprint density at radius 1 is 0.912 bits per heavy atom. The summed E-state index contributed by atoms with van der Waals surface area (Å²) >= 11 is 0. The van der Waals surface area contributed by atoms with Crippen LogP contribution in [-0.4, -0.2) is 61.1 Å². The van der Waals surface area contributed by atoms with Gasteiger partial charge in [0.05, 0.1) is 0 Å². The van der Waals surface area contributed by atoms with Crippen LogP contribution in [0.25, 0.3) is 0 Å². The van der Waals surface area contributed by atoms with Gasteiger partial charge in [-0.25, -0.2) is 0 Å². The minimum atomic E-state index is -1.17. The van der Waals surface area contributed by atoms with Crippen molar-refractivity contribution in [1.82, 2.24) is 5.32 Å². The van der Waals surface area contributed by atoms with Crippen LogP contribution in [0.4, 0.5) is 0 Å². The van der Waals surface area contributed by atoms with Gasteiger partial charge in [-0.3, -0.25) is 19.2 Å². The van der Waals surface area contributed by atoms with Gasteiger partial charge in [0.1, 0.15) is 24.5 Å². The molecule has 1 aliphatic heterocycles. The molecule has 0 spiro atoms. The van der Waals surface area contributed by atoms with Crippen molar-refractivity contribution in [2.24, 2.45) is 0 Å². The molecule has 10 heteroatoms. The summed E-state index contributed by atoms with van der Waals surface area (Å²) in [6.45, 7) is 10.6. The van der Waals surface area contributed by atoms with Gasteiger partial charge in [-0.05, 0) is 17.0 Å². The Hall–Kier alpha value is -3.14. The average molecular weight is 480 g/mol. The van der Waals surface area contributed by atoms with Crippen molar-refractivity contribution in [1.29, 1.82) is 0 Å². The van der Waals surface area contributed by atoms with Gasteiger partial charge in [0, 0.05) is 27.7 Å². The maximum atomic E-state index is 12.1. The van der Waals surface area contributed by atoms with E-state index in [4.69, 9.17) is 23.7 Å². The zero-order valence-electron chi connectivity index (χ0n) is 20.6. The Balaban J connectivity index is 2.53. The monoisotopic (exact) mass is 479 g/mol. The third-order valence-electron chi connectivity index (χ3n) is 5.01. The third kappa shape index (κ3) is 7.44. The smallest absolute Gasteiger partial charge is 0.303 e. The third-order valence-corrected chi connectivity index (χ3v) is 5.01. The van der Waals surface area contributed by atoms with Gasteiger partial charge in [0.15, 0.2) is 12.2 Å². The molecule has 0 aliphatic carbocycles. The molecule has 0 bridgehead atoms. The molecule has 1 heterocycles. The number of para-hydroxylation sites is 1. The highest BCUT2D eigenvalue weighted by Crippen LogP contribution is 2.34. The van der Waals surface area contributed by atoms with E-state index in [2.05, 4.69) is 5.32 Å². The predicted molar refractivity (Wildman–Crippen MR) is 120 cm³/mol. The van der Waals surface area contributed by atoms with E-state index < -0.39 is 54.5 Å². The summed E-state index contributed by atoms with van der Waals surface area (Å²) < 4.78 is 28.3. The fraction of sp³-hybridized carbons (Fsp3) is 0.583. The molecular formula is C24H33NO9. The number of amides is 1. The van der Waals surface area contributed by atoms with Crippen molar-refractivity contribution < 1.29 is 42.9 Å². The van der Waals surface area contributed by atoms with Crippen LogP contribution in [-0.2, 0) is 43.5 Å². The maximum absolute atomic E-state index is 12.1. The number of benzene rings is 1. The van der Waals surface area contributed by atoms with Gasteiger partial charge < -0.3 is 29.0 Å². The molecule has 1 amide bonds. The van der Waals surface area contributed by atoms with Crippen LogP contribution in [0.5, 0.6) is 5.75 Å². The van der Waals surface area contributed by atoms with Crippen LogP contribution in [0.15, 0.2) is 24.3 Å². The topological polar surface area (TPSA) is 126 Å². The highest BCUT2D eigenvalue weighted by molar-refractivity contribution is 5.73. The number of rotatable bonds is 7. The largest absolute Gasteiger partial charge is 0.463 e. The first-order chi connectivity index (χ1) is 15.8. The van der Waals surface area contributed by atoms with Crippen LogP contribution in [0.2, 0.25) is 0 Å². The zero-order valence-corrected chi connectivity index (χ0v) is 20.6. The van der Waals surface area contributed by atoms with Crippen molar-refractivity contribution in [3.05, 3.63) is 29.8 Å². The summed E-state index contributed by atoms with van der Waals surface area (Å²) in [5, 5.41) is 2.69. The molecule has 1 fully saturated rings. The predicted octanol–water partition coefficient (Wildman–Crippen LogP) is 2.02. The van der Waals surface area contributed by atoms with Crippen LogP contribution in [0.1, 0.15) is 54.0 Å². The fourth-order valence-corrected chi connectivity index (χ4v) is 3.71. The molecule has 1 N–H and O–H groups in total. The second-order valence-electron chi connectivity index (χ2n) is 9.08. The fourth-order valence-electron chi connectivity index (χ4n) is 3.71. The number of carbonyl (C=O) groups is 4. The molecule has 1 saturated heterocycles. The zero-order chi connectivity index (χ0) is 25.6. The Kier molecular flexibility index (Phi) is 9.03. The number of hydrogen-bond acceptors (Lipinski definition) is 9. The molecule has 10 nitrogen and oxygen atoms in total. The second-order valence-corrected chi connectivity index (χ2v) is 9.08. The van der Waals surface area contributed by atoms with Crippen molar-refractivity contribution in [2.45, 2.75) is 84.5 Å². The summed E-state index contributed by atoms with van der Waals surface area (Å²) in [4.78, 5) is 47.3. The lowest BCUT2D eigenvalue weighted by Crippen LogP contribution is -2.67. The quantitative estimate of drug-likeness (QED) is 0.462. The number of esters is 3. The summed E-state index contributed by atoms with van der Waals surface area (Å²) in [7, 11) is 0. The normalized spacial score (nSPS) is 24.5. The molecule has 188 valence electrons. The van der Waals surface area contributed by atoms with Gasteiger partial charge in [0.2, 0.25) is 12.2 Å². The lowest BCUT2D eigenvalue weighted by atomic mass is 9.86. The van der Waals surface area contributed by atoms with E-state index in [1.807, 2.05) is 32.9 Å². The minimum Gasteiger partial charge on any atom is -0.463 e. The summed E-state index contributed by atoms with van der Waals surface area (Å²) in [6, 6.07) is 6.31. The van der Waals surface area contributed by atoms with Crippen LogP contribution in [0, 0.1) is 0 Å². The number of carbonyl (C=O) groups excluding carboxylic acids is 4. The molecule has 1 aromatic carbocycles. The van der Waals surface area contributed by atoms with E-state index >= 15 is 0 Å². The Morgan fingerprint density at radius 3 is 2.03 bits per heavy atom. The van der Waals surface area contributed by atoms with Crippen LogP contribution >= 0.6 is 0 Å². The van der Waals surface area contributed by atoms with E-state index in [9.17, 15) is 19.2 Å². The number of ether oxygens (including phenoxy) is 5. The first-order valence-electron chi connectivity index (χ1n) is 11.0. The highest BCUT2D eigenvalue weighted by Gasteiger charge is 2.52. The van der Waals surface area contributed by atoms with E-state index in [0.29, 0.717) is 5.75 Å². The lowest BCUT2D eigenvalue weighted by Gasteiger charge is -2.45. The molecule has 1 aliphatic rings. The summed E-state index contributed by atoms with van der Waals surface area (Å²) in [5.74, 6) is -1.86. The first kappa shape index (κ1) is 27.1. The molecule has 34 heavy (non-hydrogen) atoms. The van der Waals surface area contributed by atoms with E-state index in [0.717, 1.165) is 5.56 Å². The second kappa shape index (κ2) is 11.3. The van der Waals surface area contributed by atoms with Gasteiger partial charge in [-0.2, -0.15) is 0 Å². The standard InChI is InChI=1S/C24H33NO9/c1-13(26)25-20-22(32-16(4)29)21(31-15(3)28)19(12-30-14(2)27)34-23(20)33-18-11-9-8-10-17(18)24(5,6)7/h8-11,19-23H,12H2,1-7H3,(H,25,26). The highest BCUT2D eigenvalue weighted by atomic mass is 16.7. The van der Waals surface area contributed by atoms with Crippen molar-refractivity contribution in [3.8, 4) is 5.75 Å². The minimum absolute atomic E-state index is 0.276. The molecule has 5 unspecified atom stereocenters. The molecule has 0 saturated carbocycles. The van der Waals surface area contributed by atoms with Crippen LogP contribution < -0.4 is 10.1 Å². The Labute approximate surface area is 199 Å². The van der Waals surface area contributed by atoms with Crippen molar-refractivity contribution >= 4 is 23.8 Å². The van der Waals surface area contributed by atoms with Gasteiger partial charge in [-0.1, -0.05) is 39.0 Å². The maximum Gasteiger partial charge on any atom is 0.303 e. The first-order valence-corrected chi connectivity index (χ1v) is 11.0. The van der Waals surface area contributed by atoms with E-state index in [1.54, 1.807) is 12.1 Å². The van der Waals surface area contributed by atoms with Gasteiger partial charge >= 0.3 is 17.9 Å². The van der Waals surface area contributed by atoms with Crippen molar-refractivity contribution in [3.63, 3.8) is 0 Å². The molecule has 0 aromatic heterocycles. The summed E-state index contributed by atoms with van der Waals surface area (Å²) in [6.07, 6.45) is -4.54. The Morgan fingerprint density at radius 2 is 1.50 bits per heavy atom. The number of nitrogens with one attached hydrogen (secondary N) is 1. The lowest BCUT2D eigenvalue weighted by molar-refractivity contribution is -0.257. The summed E-state index contributed by atoms with van der Waals surface area (Å²) in [5.41, 5.74) is 0.601. The van der Waals surface area contributed by atoms with Gasteiger partial charge in [-0.15, -0.1) is 0 Å². The molecular weight excluding hydrogens is 446 g/mol.